The molecule has 1 aliphatic rings. The van der Waals surface area contributed by atoms with Crippen LogP contribution in [0.1, 0.15) is 43.7 Å². The van der Waals surface area contributed by atoms with Crippen molar-refractivity contribution < 1.29 is 19.1 Å². The Kier molecular flexibility index (Phi) is 9.99. The third kappa shape index (κ3) is 8.11. The molecule has 0 aromatic heterocycles. The second-order valence-corrected chi connectivity index (χ2v) is 7.08. The maximum absolute atomic E-state index is 13.0. The summed E-state index contributed by atoms with van der Waals surface area (Å²) in [6.45, 7) is 2.15. The van der Waals surface area contributed by atoms with Gasteiger partial charge in [0.25, 0.3) is 0 Å². The number of carbonyl (C=O) groups is 3. The molecule has 8 nitrogen and oxygen atoms in total. The average Bonchev–Trinajstić information content (AvgIpc) is 2.74. The fourth-order valence-electron chi connectivity index (χ4n) is 3.34. The van der Waals surface area contributed by atoms with Crippen LogP contribution in [0.15, 0.2) is 30.3 Å². The van der Waals surface area contributed by atoms with Gasteiger partial charge in [-0.25, -0.2) is 4.79 Å². The number of nitrogens with one attached hydrogen (secondary N) is 3. The number of methoxy groups -OCH3 is 1. The van der Waals surface area contributed by atoms with Gasteiger partial charge in [-0.15, -0.1) is 0 Å². The van der Waals surface area contributed by atoms with E-state index in [1.165, 1.54) is 0 Å². The quantitative estimate of drug-likeness (QED) is 0.601. The fourth-order valence-corrected chi connectivity index (χ4v) is 3.34. The van der Waals surface area contributed by atoms with E-state index in [4.69, 9.17) is 4.74 Å². The minimum atomic E-state index is -0.385. The standard InChI is InChI=1S/C21H32N4O4/c1-29-14-8-12-23-21(28)24-16-20(27)25-13-7-3-6-11-22-19(26)15-18(25)17-9-4-2-5-10-17/h2,4-5,9-10,18H,3,6-8,11-16H2,1H3,(H,22,26)(H2,23,24,28). The summed E-state index contributed by atoms with van der Waals surface area (Å²) in [6.07, 6.45) is 3.59. The van der Waals surface area contributed by atoms with Gasteiger partial charge in [-0.2, -0.15) is 0 Å². The molecular weight excluding hydrogens is 372 g/mol. The molecular formula is C21H32N4O4. The van der Waals surface area contributed by atoms with E-state index < -0.39 is 0 Å². The molecule has 1 heterocycles. The van der Waals surface area contributed by atoms with Gasteiger partial charge in [-0.05, 0) is 31.2 Å². The number of hydrogen-bond acceptors (Lipinski definition) is 4. The van der Waals surface area contributed by atoms with Crippen molar-refractivity contribution >= 4 is 17.8 Å². The lowest BCUT2D eigenvalue weighted by molar-refractivity contribution is -0.134. The second-order valence-electron chi connectivity index (χ2n) is 7.08. The molecule has 1 fully saturated rings. The summed E-state index contributed by atoms with van der Waals surface area (Å²) in [5.41, 5.74) is 0.917. The summed E-state index contributed by atoms with van der Waals surface area (Å²) >= 11 is 0. The van der Waals surface area contributed by atoms with Gasteiger partial charge < -0.3 is 25.6 Å². The van der Waals surface area contributed by atoms with Crippen molar-refractivity contribution in [2.75, 3.05) is 39.9 Å². The molecule has 0 aliphatic carbocycles. The van der Waals surface area contributed by atoms with E-state index in [9.17, 15) is 14.4 Å². The van der Waals surface area contributed by atoms with Gasteiger partial charge >= 0.3 is 6.03 Å². The highest BCUT2D eigenvalue weighted by Crippen LogP contribution is 2.25. The van der Waals surface area contributed by atoms with Crippen molar-refractivity contribution in [3.8, 4) is 0 Å². The monoisotopic (exact) mass is 404 g/mol. The number of amides is 4. The lowest BCUT2D eigenvalue weighted by atomic mass is 10.00. The Balaban J connectivity index is 2.03. The van der Waals surface area contributed by atoms with E-state index >= 15 is 0 Å². The zero-order valence-electron chi connectivity index (χ0n) is 17.1. The van der Waals surface area contributed by atoms with Crippen LogP contribution in [0, 0.1) is 0 Å². The SMILES string of the molecule is COCCCNC(=O)NCC(=O)N1CCCCCNC(=O)CC1c1ccccc1. The first-order valence-electron chi connectivity index (χ1n) is 10.2. The zero-order valence-corrected chi connectivity index (χ0v) is 17.1. The predicted molar refractivity (Wildman–Crippen MR) is 110 cm³/mol. The first-order chi connectivity index (χ1) is 14.1. The fraction of sp³-hybridized carbons (Fsp3) is 0.571. The molecule has 1 aliphatic heterocycles. The zero-order chi connectivity index (χ0) is 20.9. The summed E-state index contributed by atoms with van der Waals surface area (Å²) in [5, 5.41) is 8.25. The van der Waals surface area contributed by atoms with Crippen LogP contribution < -0.4 is 16.0 Å². The molecule has 1 aromatic carbocycles. The molecule has 1 saturated heterocycles. The van der Waals surface area contributed by atoms with E-state index in [1.54, 1.807) is 12.0 Å². The smallest absolute Gasteiger partial charge is 0.315 e. The van der Waals surface area contributed by atoms with Gasteiger partial charge in [0.15, 0.2) is 0 Å². The van der Waals surface area contributed by atoms with Crippen molar-refractivity contribution in [3.05, 3.63) is 35.9 Å². The number of carbonyl (C=O) groups excluding carboxylic acids is 3. The molecule has 160 valence electrons. The maximum atomic E-state index is 13.0. The van der Waals surface area contributed by atoms with Crippen molar-refractivity contribution in [1.29, 1.82) is 0 Å². The first kappa shape index (κ1) is 22.7. The molecule has 1 atom stereocenters. The van der Waals surface area contributed by atoms with Crippen molar-refractivity contribution in [2.45, 2.75) is 38.1 Å². The first-order valence-corrected chi connectivity index (χ1v) is 10.2. The van der Waals surface area contributed by atoms with Crippen LogP contribution in [-0.2, 0) is 14.3 Å². The van der Waals surface area contributed by atoms with Crippen LogP contribution in [0.25, 0.3) is 0 Å². The van der Waals surface area contributed by atoms with Crippen LogP contribution >= 0.6 is 0 Å². The Bertz CT molecular complexity index is 653. The Morgan fingerprint density at radius 3 is 2.72 bits per heavy atom. The molecule has 2 rings (SSSR count). The van der Waals surface area contributed by atoms with E-state index in [0.29, 0.717) is 32.7 Å². The normalized spacial score (nSPS) is 17.9. The minimum absolute atomic E-state index is 0.0672. The highest BCUT2D eigenvalue weighted by atomic mass is 16.5. The van der Waals surface area contributed by atoms with E-state index in [2.05, 4.69) is 16.0 Å². The number of urea groups is 1. The van der Waals surface area contributed by atoms with Gasteiger partial charge in [-0.1, -0.05) is 30.3 Å². The second kappa shape index (κ2) is 12.8. The van der Waals surface area contributed by atoms with Gasteiger partial charge in [0.2, 0.25) is 11.8 Å². The largest absolute Gasteiger partial charge is 0.385 e. The Morgan fingerprint density at radius 1 is 1.17 bits per heavy atom. The molecule has 29 heavy (non-hydrogen) atoms. The molecule has 0 radical (unpaired) electrons. The molecule has 1 unspecified atom stereocenters. The molecule has 3 N–H and O–H groups in total. The topological polar surface area (TPSA) is 99.8 Å². The molecule has 0 spiro atoms. The maximum Gasteiger partial charge on any atom is 0.315 e. The molecule has 4 amide bonds. The van der Waals surface area contributed by atoms with Gasteiger partial charge in [0.05, 0.1) is 19.0 Å². The van der Waals surface area contributed by atoms with Crippen molar-refractivity contribution in [2.24, 2.45) is 0 Å². The van der Waals surface area contributed by atoms with Crippen LogP contribution in [0.4, 0.5) is 4.79 Å². The number of hydrogen-bond donors (Lipinski definition) is 3. The Morgan fingerprint density at radius 2 is 1.97 bits per heavy atom. The lowest BCUT2D eigenvalue weighted by Crippen LogP contribution is -2.46. The van der Waals surface area contributed by atoms with Crippen LogP contribution in [0.5, 0.6) is 0 Å². The van der Waals surface area contributed by atoms with E-state index in [1.807, 2.05) is 30.3 Å². The summed E-state index contributed by atoms with van der Waals surface area (Å²) in [5.74, 6) is -0.262. The molecule has 0 bridgehead atoms. The Hall–Kier alpha value is -2.61. The van der Waals surface area contributed by atoms with E-state index in [0.717, 1.165) is 24.8 Å². The molecule has 1 aromatic rings. The highest BCUT2D eigenvalue weighted by molar-refractivity contribution is 5.85. The molecule has 0 saturated carbocycles. The number of rotatable bonds is 7. The van der Waals surface area contributed by atoms with E-state index in [-0.39, 0.29) is 36.9 Å². The van der Waals surface area contributed by atoms with Crippen LogP contribution in [0.2, 0.25) is 0 Å². The summed E-state index contributed by atoms with van der Waals surface area (Å²) in [6, 6.07) is 8.84. The lowest BCUT2D eigenvalue weighted by Gasteiger charge is -2.33. The summed E-state index contributed by atoms with van der Waals surface area (Å²) in [7, 11) is 1.61. The average molecular weight is 405 g/mol. The van der Waals surface area contributed by atoms with Crippen molar-refractivity contribution in [3.63, 3.8) is 0 Å². The van der Waals surface area contributed by atoms with Crippen LogP contribution in [-0.4, -0.2) is 62.6 Å². The third-order valence-electron chi connectivity index (χ3n) is 4.87. The van der Waals surface area contributed by atoms with Crippen LogP contribution in [0.3, 0.4) is 0 Å². The summed E-state index contributed by atoms with van der Waals surface area (Å²) in [4.78, 5) is 39.0. The number of nitrogens with zero attached hydrogens (tertiary/aromatic N) is 1. The Labute approximate surface area is 172 Å². The van der Waals surface area contributed by atoms with Gasteiger partial charge in [0, 0.05) is 33.4 Å². The van der Waals surface area contributed by atoms with Gasteiger partial charge in [0.1, 0.15) is 0 Å². The number of benzene rings is 1. The predicted octanol–water partition coefficient (Wildman–Crippen LogP) is 1.58. The van der Waals surface area contributed by atoms with Crippen molar-refractivity contribution in [1.82, 2.24) is 20.9 Å². The van der Waals surface area contributed by atoms with Gasteiger partial charge in [-0.3, -0.25) is 9.59 Å². The molecule has 8 heteroatoms. The number of ether oxygens (including phenoxy) is 1. The summed E-state index contributed by atoms with van der Waals surface area (Å²) < 4.78 is 4.94. The highest BCUT2D eigenvalue weighted by Gasteiger charge is 2.27. The third-order valence-corrected chi connectivity index (χ3v) is 4.87. The minimum Gasteiger partial charge on any atom is -0.385 e.